The maximum atomic E-state index is 11.7. The van der Waals surface area contributed by atoms with E-state index in [0.717, 1.165) is 0 Å². The van der Waals surface area contributed by atoms with Crippen molar-refractivity contribution in [3.05, 3.63) is 12.2 Å². The first-order chi connectivity index (χ1) is 8.41. The van der Waals surface area contributed by atoms with Crippen LogP contribution in [-0.2, 0) is 14.4 Å². The lowest BCUT2D eigenvalue weighted by molar-refractivity contribution is -0.142. The fraction of sp³-hybridized carbons (Fsp3) is 0.500. The second-order valence-corrected chi connectivity index (χ2v) is 4.42. The van der Waals surface area contributed by atoms with Crippen molar-refractivity contribution < 1.29 is 19.2 Å². The van der Waals surface area contributed by atoms with Crippen LogP contribution >= 0.6 is 0 Å². The van der Waals surface area contributed by atoms with Gasteiger partial charge in [0.15, 0.2) is 11.7 Å². The number of hydrogen-bond acceptors (Lipinski definition) is 4. The minimum absolute atomic E-state index is 0.100. The fourth-order valence-electron chi connectivity index (χ4n) is 1.55. The van der Waals surface area contributed by atoms with E-state index in [1.807, 2.05) is 36.6 Å². The van der Waals surface area contributed by atoms with Crippen molar-refractivity contribution in [2.24, 2.45) is 11.8 Å². The summed E-state index contributed by atoms with van der Waals surface area (Å²) >= 11 is 0. The van der Waals surface area contributed by atoms with Crippen molar-refractivity contribution in [3.8, 4) is 0 Å². The quantitative estimate of drug-likeness (QED) is 0.551. The first-order valence-electron chi connectivity index (χ1n) is 5.77. The summed E-state index contributed by atoms with van der Waals surface area (Å²) < 4.78 is 0. The first-order valence-corrected chi connectivity index (χ1v) is 5.77. The van der Waals surface area contributed by atoms with Crippen LogP contribution in [0.4, 0.5) is 4.79 Å². The van der Waals surface area contributed by atoms with Gasteiger partial charge < -0.3 is 0 Å². The highest BCUT2D eigenvalue weighted by Gasteiger charge is 2.38. The van der Waals surface area contributed by atoms with Gasteiger partial charge in [-0.15, -0.1) is 0 Å². The summed E-state index contributed by atoms with van der Waals surface area (Å²) in [7, 11) is 0. The molecular formula is C12H16N2O4. The molecule has 4 amide bonds. The molecule has 6 heteroatoms. The minimum Gasteiger partial charge on any atom is -0.298 e. The van der Waals surface area contributed by atoms with Crippen LogP contribution in [0.2, 0.25) is 0 Å². The number of carbonyl (C=O) groups is 4. The monoisotopic (exact) mass is 252 g/mol. The number of Topliss-reactive ketones (excluding diaryl/α,β-unsaturated/α-hetero) is 1. The molecule has 1 rings (SSSR count). The van der Waals surface area contributed by atoms with Gasteiger partial charge in [0.25, 0.3) is 0 Å². The van der Waals surface area contributed by atoms with Crippen LogP contribution in [0, 0.1) is 11.8 Å². The zero-order valence-corrected chi connectivity index (χ0v) is 10.4. The van der Waals surface area contributed by atoms with Gasteiger partial charge >= 0.3 is 6.03 Å². The van der Waals surface area contributed by atoms with E-state index in [1.54, 1.807) is 0 Å². The van der Waals surface area contributed by atoms with Crippen LogP contribution in [0.25, 0.3) is 0 Å². The molecule has 2 N–H and O–H groups in total. The average Bonchev–Trinajstić information content (AvgIpc) is 2.22. The van der Waals surface area contributed by atoms with Crippen LogP contribution in [0.5, 0.6) is 0 Å². The number of imide groups is 2. The maximum absolute atomic E-state index is 11.7. The lowest BCUT2D eigenvalue weighted by atomic mass is 9.97. The highest BCUT2D eigenvalue weighted by molar-refractivity contribution is 6.26. The Bertz CT molecular complexity index is 392. The molecule has 0 spiro atoms. The normalized spacial score (nSPS) is 17.2. The Morgan fingerprint density at radius 1 is 1.22 bits per heavy atom. The Labute approximate surface area is 105 Å². The molecule has 1 aliphatic heterocycles. The molecule has 1 heterocycles. The van der Waals surface area contributed by atoms with Gasteiger partial charge in [-0.05, 0) is 12.3 Å². The molecule has 0 bridgehead atoms. The predicted molar refractivity (Wildman–Crippen MR) is 63.4 cm³/mol. The molecule has 1 aliphatic rings. The molecule has 6 nitrogen and oxygen atoms in total. The number of allylic oxidation sites excluding steroid dienone is 2. The number of urea groups is 1. The van der Waals surface area contributed by atoms with Crippen LogP contribution in [-0.4, -0.2) is 23.6 Å². The van der Waals surface area contributed by atoms with Crippen LogP contribution < -0.4 is 10.6 Å². The Hall–Kier alpha value is -1.98. The van der Waals surface area contributed by atoms with Crippen LogP contribution in [0.1, 0.15) is 26.7 Å². The summed E-state index contributed by atoms with van der Waals surface area (Å²) in [6.07, 6.45) is 4.36. The third-order valence-electron chi connectivity index (χ3n) is 2.40. The number of rotatable bonds is 5. The van der Waals surface area contributed by atoms with E-state index in [0.29, 0.717) is 12.3 Å². The van der Waals surface area contributed by atoms with Crippen molar-refractivity contribution in [3.63, 3.8) is 0 Å². The lowest BCUT2D eigenvalue weighted by Gasteiger charge is -2.19. The molecule has 0 radical (unpaired) electrons. The van der Waals surface area contributed by atoms with Crippen molar-refractivity contribution in [2.75, 3.05) is 0 Å². The van der Waals surface area contributed by atoms with Gasteiger partial charge in [-0.25, -0.2) is 4.79 Å². The van der Waals surface area contributed by atoms with Gasteiger partial charge in [-0.2, -0.15) is 0 Å². The predicted octanol–water partition coefficient (Wildman–Crippen LogP) is 0.530. The van der Waals surface area contributed by atoms with E-state index < -0.39 is 29.5 Å². The number of carbonyl (C=O) groups excluding carboxylic acids is 4. The first kappa shape index (κ1) is 14.1. The summed E-state index contributed by atoms with van der Waals surface area (Å²) in [5, 5.41) is 3.80. The third-order valence-corrected chi connectivity index (χ3v) is 2.40. The molecule has 0 aromatic carbocycles. The smallest absolute Gasteiger partial charge is 0.298 e. The van der Waals surface area contributed by atoms with E-state index in [4.69, 9.17) is 0 Å². The van der Waals surface area contributed by atoms with Crippen molar-refractivity contribution in [1.82, 2.24) is 10.6 Å². The average molecular weight is 252 g/mol. The van der Waals surface area contributed by atoms with E-state index in [2.05, 4.69) is 0 Å². The van der Waals surface area contributed by atoms with Gasteiger partial charge in [0.2, 0.25) is 11.8 Å². The Balaban J connectivity index is 2.53. The summed E-state index contributed by atoms with van der Waals surface area (Å²) in [4.78, 5) is 45.2. The summed E-state index contributed by atoms with van der Waals surface area (Å²) in [5.41, 5.74) is 0. The van der Waals surface area contributed by atoms with E-state index in [-0.39, 0.29) is 6.42 Å². The fourth-order valence-corrected chi connectivity index (χ4v) is 1.55. The molecule has 1 saturated heterocycles. The van der Waals surface area contributed by atoms with Gasteiger partial charge in [0.05, 0.1) is 0 Å². The Kier molecular flexibility index (Phi) is 4.76. The topological polar surface area (TPSA) is 92.3 Å². The minimum atomic E-state index is -1.41. The second-order valence-electron chi connectivity index (χ2n) is 4.42. The number of barbiturate groups is 1. The highest BCUT2D eigenvalue weighted by atomic mass is 16.2. The number of ketones is 1. The van der Waals surface area contributed by atoms with E-state index >= 15 is 0 Å². The zero-order chi connectivity index (χ0) is 13.7. The summed E-state index contributed by atoms with van der Waals surface area (Å²) in [6, 6.07) is -0.881. The van der Waals surface area contributed by atoms with Crippen molar-refractivity contribution >= 4 is 23.6 Å². The van der Waals surface area contributed by atoms with Gasteiger partial charge in [-0.3, -0.25) is 25.0 Å². The maximum Gasteiger partial charge on any atom is 0.328 e. The lowest BCUT2D eigenvalue weighted by Crippen LogP contribution is -2.57. The van der Waals surface area contributed by atoms with Gasteiger partial charge in [0, 0.05) is 6.42 Å². The Morgan fingerprint density at radius 2 is 1.78 bits per heavy atom. The van der Waals surface area contributed by atoms with Crippen LogP contribution in [0.15, 0.2) is 12.2 Å². The summed E-state index contributed by atoms with van der Waals surface area (Å²) in [5.74, 6) is -3.19. The molecule has 0 unspecified atom stereocenters. The van der Waals surface area contributed by atoms with Crippen LogP contribution in [0.3, 0.4) is 0 Å². The Morgan fingerprint density at radius 3 is 2.28 bits per heavy atom. The third kappa shape index (κ3) is 3.80. The molecule has 1 fully saturated rings. The molecule has 0 aliphatic carbocycles. The SMILES string of the molecule is CC(C)C=CCCC(=O)C1C(=O)NC(=O)NC1=O. The van der Waals surface area contributed by atoms with Crippen molar-refractivity contribution in [1.29, 1.82) is 0 Å². The standard InChI is InChI=1S/C12H16N2O4/c1-7(2)5-3-4-6-8(15)9-10(16)13-12(18)14-11(9)17/h3,5,7,9H,4,6H2,1-2H3,(H2,13,14,16,17,18). The molecule has 0 saturated carbocycles. The molecular weight excluding hydrogens is 236 g/mol. The summed E-state index contributed by atoms with van der Waals surface area (Å²) in [6.45, 7) is 4.01. The van der Waals surface area contributed by atoms with Gasteiger partial charge in [-0.1, -0.05) is 26.0 Å². The molecule has 0 aromatic heterocycles. The molecule has 18 heavy (non-hydrogen) atoms. The van der Waals surface area contributed by atoms with E-state index in [9.17, 15) is 19.2 Å². The second kappa shape index (κ2) is 6.09. The molecule has 0 aromatic rings. The molecule has 0 atom stereocenters. The van der Waals surface area contributed by atoms with E-state index in [1.165, 1.54) is 0 Å². The van der Waals surface area contributed by atoms with Crippen molar-refractivity contribution in [2.45, 2.75) is 26.7 Å². The zero-order valence-electron chi connectivity index (χ0n) is 10.4. The molecule has 98 valence electrons. The van der Waals surface area contributed by atoms with Gasteiger partial charge in [0.1, 0.15) is 0 Å². The highest BCUT2D eigenvalue weighted by Crippen LogP contribution is 2.09. The number of nitrogens with one attached hydrogen (secondary N) is 2. The largest absolute Gasteiger partial charge is 0.328 e. The number of amides is 4. The number of hydrogen-bond donors (Lipinski definition) is 2.